The Morgan fingerprint density at radius 3 is 2.77 bits per heavy atom. The van der Waals surface area contributed by atoms with Gasteiger partial charge in [-0.15, -0.1) is 0 Å². The number of nitrogens with zero attached hydrogens (tertiary/aromatic N) is 1. The summed E-state index contributed by atoms with van der Waals surface area (Å²) in [5.41, 5.74) is 0. The van der Waals surface area contributed by atoms with Gasteiger partial charge in [-0.3, -0.25) is 4.79 Å². The Balaban J connectivity index is 2.86. The fourth-order valence-corrected chi connectivity index (χ4v) is 2.34. The van der Waals surface area contributed by atoms with Gasteiger partial charge in [0, 0.05) is 13.1 Å². The Kier molecular flexibility index (Phi) is 2.92. The van der Waals surface area contributed by atoms with Crippen molar-refractivity contribution in [2.45, 2.75) is 19.9 Å². The van der Waals surface area contributed by atoms with Gasteiger partial charge in [-0.05, 0) is 13.8 Å². The monoisotopic (exact) mass is 206 g/mol. The third kappa shape index (κ3) is 2.00. The molecule has 1 unspecified atom stereocenters. The van der Waals surface area contributed by atoms with Gasteiger partial charge >= 0.3 is 0 Å². The van der Waals surface area contributed by atoms with E-state index in [9.17, 15) is 13.2 Å². The number of hydrogen-bond acceptors (Lipinski definition) is 4. The molecule has 1 amide bonds. The van der Waals surface area contributed by atoms with Crippen LogP contribution in [0.2, 0.25) is 0 Å². The van der Waals surface area contributed by atoms with Crippen LogP contribution in [0.5, 0.6) is 0 Å². The van der Waals surface area contributed by atoms with Crippen molar-refractivity contribution in [2.24, 2.45) is 0 Å². The van der Waals surface area contributed by atoms with Crippen molar-refractivity contribution in [3.63, 3.8) is 0 Å². The zero-order chi connectivity index (χ0) is 10.1. The highest BCUT2D eigenvalue weighted by Crippen LogP contribution is 2.07. The van der Waals surface area contributed by atoms with E-state index >= 15 is 0 Å². The van der Waals surface area contributed by atoms with Crippen molar-refractivity contribution in [3.05, 3.63) is 0 Å². The summed E-state index contributed by atoms with van der Waals surface area (Å²) in [6.07, 6.45) is 0. The Labute approximate surface area is 78.2 Å². The number of amides is 1. The van der Waals surface area contributed by atoms with Crippen LogP contribution in [0.4, 0.5) is 0 Å². The van der Waals surface area contributed by atoms with Gasteiger partial charge in [-0.25, -0.2) is 12.7 Å². The first-order valence-corrected chi connectivity index (χ1v) is 5.87. The fourth-order valence-electron chi connectivity index (χ4n) is 1.23. The number of sulfonamides is 1. The highest BCUT2D eigenvalue weighted by Gasteiger charge is 2.32. The van der Waals surface area contributed by atoms with Crippen LogP contribution in [-0.4, -0.2) is 43.5 Å². The second kappa shape index (κ2) is 3.63. The molecule has 0 spiro atoms. The van der Waals surface area contributed by atoms with Gasteiger partial charge in [0.15, 0.2) is 0 Å². The smallest absolute Gasteiger partial charge is 0.252 e. The molecule has 6 heteroatoms. The summed E-state index contributed by atoms with van der Waals surface area (Å²) in [5.74, 6) is -0.376. The highest BCUT2D eigenvalue weighted by molar-refractivity contribution is 7.89. The van der Waals surface area contributed by atoms with Crippen LogP contribution >= 0.6 is 0 Å². The largest absolute Gasteiger partial charge is 0.304 e. The lowest BCUT2D eigenvalue weighted by atomic mass is 10.2. The van der Waals surface area contributed by atoms with Gasteiger partial charge in [0.25, 0.3) is 5.91 Å². The molecule has 0 aromatic rings. The van der Waals surface area contributed by atoms with E-state index in [1.807, 2.05) is 0 Å². The Morgan fingerprint density at radius 2 is 2.23 bits per heavy atom. The first-order valence-electron chi connectivity index (χ1n) is 4.26. The molecule has 1 rings (SSSR count). The average Bonchev–Trinajstić information content (AvgIpc) is 2.09. The molecule has 1 aliphatic heterocycles. The molecule has 0 aliphatic carbocycles. The molecular weight excluding hydrogens is 192 g/mol. The molecule has 0 radical (unpaired) electrons. The molecule has 1 heterocycles. The van der Waals surface area contributed by atoms with Gasteiger partial charge in [0.05, 0.1) is 11.8 Å². The van der Waals surface area contributed by atoms with Crippen LogP contribution in [0.25, 0.3) is 0 Å². The second-order valence-electron chi connectivity index (χ2n) is 2.99. The van der Waals surface area contributed by atoms with Crippen molar-refractivity contribution in [1.82, 2.24) is 9.62 Å². The number of rotatable bonds is 2. The van der Waals surface area contributed by atoms with Gasteiger partial charge in [0.1, 0.15) is 0 Å². The maximum Gasteiger partial charge on any atom is 0.252 e. The van der Waals surface area contributed by atoms with Crippen LogP contribution in [-0.2, 0) is 14.8 Å². The minimum absolute atomic E-state index is 0.0224. The number of carbonyl (C=O) groups is 1. The van der Waals surface area contributed by atoms with Crippen LogP contribution in [0, 0.1) is 0 Å². The molecule has 1 N–H and O–H groups in total. The normalized spacial score (nSPS) is 24.9. The quantitative estimate of drug-likeness (QED) is 0.639. The molecule has 1 fully saturated rings. The highest BCUT2D eigenvalue weighted by atomic mass is 32.2. The summed E-state index contributed by atoms with van der Waals surface area (Å²) in [7, 11) is -3.36. The van der Waals surface area contributed by atoms with Crippen molar-refractivity contribution < 1.29 is 13.2 Å². The topological polar surface area (TPSA) is 66.5 Å². The Morgan fingerprint density at radius 1 is 1.62 bits per heavy atom. The minimum atomic E-state index is -3.36. The van der Waals surface area contributed by atoms with Gasteiger partial charge in [0.2, 0.25) is 10.0 Å². The molecule has 1 atom stereocenters. The van der Waals surface area contributed by atoms with E-state index in [0.29, 0.717) is 6.54 Å². The molecule has 0 aromatic heterocycles. The summed E-state index contributed by atoms with van der Waals surface area (Å²) in [6, 6.07) is -0.393. The predicted octanol–water partition coefficient (Wildman–Crippen LogP) is -0.844. The van der Waals surface area contributed by atoms with Gasteiger partial charge in [-0.1, -0.05) is 0 Å². The summed E-state index contributed by atoms with van der Waals surface area (Å²) >= 11 is 0. The molecule has 0 bridgehead atoms. The van der Waals surface area contributed by atoms with Crippen LogP contribution in [0.1, 0.15) is 13.8 Å². The Hall–Kier alpha value is -0.620. The SMILES string of the molecule is CCS(=O)(=O)N1CCNC(C)C1=O. The molecule has 76 valence electrons. The molecule has 5 nitrogen and oxygen atoms in total. The first kappa shape index (κ1) is 10.5. The van der Waals surface area contributed by atoms with E-state index < -0.39 is 16.1 Å². The molecule has 1 saturated heterocycles. The lowest BCUT2D eigenvalue weighted by Crippen LogP contribution is -2.55. The van der Waals surface area contributed by atoms with Crippen molar-refractivity contribution in [1.29, 1.82) is 0 Å². The van der Waals surface area contributed by atoms with Crippen LogP contribution in [0.15, 0.2) is 0 Å². The lowest BCUT2D eigenvalue weighted by molar-refractivity contribution is -0.129. The van der Waals surface area contributed by atoms with E-state index in [1.54, 1.807) is 6.92 Å². The van der Waals surface area contributed by atoms with E-state index in [1.165, 1.54) is 6.92 Å². The summed E-state index contributed by atoms with van der Waals surface area (Å²) in [5, 5.41) is 2.90. The Bertz CT molecular complexity index is 299. The molecule has 1 aliphatic rings. The molecular formula is C7H14N2O3S. The van der Waals surface area contributed by atoms with Crippen molar-refractivity contribution >= 4 is 15.9 Å². The maximum atomic E-state index is 11.4. The van der Waals surface area contributed by atoms with E-state index in [0.717, 1.165) is 4.31 Å². The van der Waals surface area contributed by atoms with E-state index in [4.69, 9.17) is 0 Å². The summed E-state index contributed by atoms with van der Waals surface area (Å²) < 4.78 is 23.7. The molecule has 0 aromatic carbocycles. The summed E-state index contributed by atoms with van der Waals surface area (Å²) in [6.45, 7) is 3.99. The fraction of sp³-hybridized carbons (Fsp3) is 0.857. The van der Waals surface area contributed by atoms with Crippen LogP contribution in [0.3, 0.4) is 0 Å². The van der Waals surface area contributed by atoms with Crippen LogP contribution < -0.4 is 5.32 Å². The van der Waals surface area contributed by atoms with Gasteiger partial charge < -0.3 is 5.32 Å². The zero-order valence-corrected chi connectivity index (χ0v) is 8.60. The van der Waals surface area contributed by atoms with E-state index in [2.05, 4.69) is 5.32 Å². The third-order valence-electron chi connectivity index (χ3n) is 2.08. The predicted molar refractivity (Wildman–Crippen MR) is 48.6 cm³/mol. The number of carbonyl (C=O) groups excluding carboxylic acids is 1. The van der Waals surface area contributed by atoms with Crippen molar-refractivity contribution in [3.8, 4) is 0 Å². The van der Waals surface area contributed by atoms with Crippen molar-refractivity contribution in [2.75, 3.05) is 18.8 Å². The lowest BCUT2D eigenvalue weighted by Gasteiger charge is -2.30. The maximum absolute atomic E-state index is 11.4. The van der Waals surface area contributed by atoms with Gasteiger partial charge in [-0.2, -0.15) is 0 Å². The third-order valence-corrected chi connectivity index (χ3v) is 3.85. The molecule has 0 saturated carbocycles. The first-order chi connectivity index (χ1) is 5.99. The van der Waals surface area contributed by atoms with E-state index in [-0.39, 0.29) is 18.2 Å². The second-order valence-corrected chi connectivity index (χ2v) is 5.17. The number of nitrogens with one attached hydrogen (secondary N) is 1. The standard InChI is InChI=1S/C7H14N2O3S/c1-3-13(11,12)9-5-4-8-6(2)7(9)10/h6,8H,3-5H2,1-2H3. The minimum Gasteiger partial charge on any atom is -0.304 e. The summed E-state index contributed by atoms with van der Waals surface area (Å²) in [4.78, 5) is 11.4. The zero-order valence-electron chi connectivity index (χ0n) is 7.78. The number of piperazine rings is 1. The molecule has 13 heavy (non-hydrogen) atoms. The average molecular weight is 206 g/mol. The number of hydrogen-bond donors (Lipinski definition) is 1.